The van der Waals surface area contributed by atoms with Gasteiger partial charge in [0.15, 0.2) is 11.6 Å². The third-order valence-corrected chi connectivity index (χ3v) is 5.00. The van der Waals surface area contributed by atoms with E-state index in [9.17, 15) is 14.7 Å². The van der Waals surface area contributed by atoms with Crippen molar-refractivity contribution in [3.63, 3.8) is 0 Å². The molecule has 1 aliphatic rings. The second-order valence-corrected chi connectivity index (χ2v) is 7.50. The van der Waals surface area contributed by atoms with Crippen molar-refractivity contribution >= 4 is 11.6 Å². The first-order valence-corrected chi connectivity index (χ1v) is 8.98. The molecular weight excluding hydrogens is 336 g/mol. The minimum absolute atomic E-state index is 0.00672. The van der Waals surface area contributed by atoms with Crippen molar-refractivity contribution in [2.75, 3.05) is 0 Å². The summed E-state index contributed by atoms with van der Waals surface area (Å²) in [5, 5.41) is 9.98. The zero-order valence-electron chi connectivity index (χ0n) is 15.3. The largest absolute Gasteiger partial charge is 0.382 e. The standard InChI is InChI=1S/C24H20O3/c1-24(2,27)23(26)17-9-11-21-19(13-17)14-18-12-16(8-10-20(18)21)22(25)15-6-4-3-5-7-15/h3-13,27H,14H2,1-2H3. The highest BCUT2D eigenvalue weighted by atomic mass is 16.3. The summed E-state index contributed by atoms with van der Waals surface area (Å²) in [5.74, 6) is -0.284. The summed E-state index contributed by atoms with van der Waals surface area (Å²) in [6.45, 7) is 3.00. The van der Waals surface area contributed by atoms with Crippen molar-refractivity contribution in [3.8, 4) is 11.1 Å². The second kappa shape index (κ2) is 6.29. The summed E-state index contributed by atoms with van der Waals surface area (Å²) in [5.41, 5.74) is 4.76. The van der Waals surface area contributed by atoms with Crippen molar-refractivity contribution in [2.24, 2.45) is 0 Å². The molecule has 0 unspecified atom stereocenters. The number of rotatable bonds is 4. The number of carbonyl (C=O) groups excluding carboxylic acids is 2. The van der Waals surface area contributed by atoms with Gasteiger partial charge in [-0.1, -0.05) is 54.6 Å². The number of hydrogen-bond acceptors (Lipinski definition) is 3. The Hall–Kier alpha value is -3.04. The summed E-state index contributed by atoms with van der Waals surface area (Å²) in [6, 6.07) is 20.6. The molecule has 1 N–H and O–H groups in total. The molecule has 4 rings (SSSR count). The number of ketones is 2. The molecule has 3 aromatic rings. The molecule has 0 aromatic heterocycles. The van der Waals surface area contributed by atoms with E-state index in [1.54, 1.807) is 6.07 Å². The van der Waals surface area contributed by atoms with E-state index in [0.717, 1.165) is 22.3 Å². The van der Waals surface area contributed by atoms with Crippen molar-refractivity contribution in [1.82, 2.24) is 0 Å². The van der Waals surface area contributed by atoms with E-state index in [4.69, 9.17) is 0 Å². The van der Waals surface area contributed by atoms with E-state index in [0.29, 0.717) is 23.1 Å². The highest BCUT2D eigenvalue weighted by Gasteiger charge is 2.27. The minimum atomic E-state index is -1.39. The Kier molecular flexibility index (Phi) is 4.05. The van der Waals surface area contributed by atoms with Crippen LogP contribution in [-0.2, 0) is 6.42 Å². The predicted octanol–water partition coefficient (Wildman–Crippen LogP) is 4.44. The maximum atomic E-state index is 12.7. The third-order valence-electron chi connectivity index (χ3n) is 5.00. The topological polar surface area (TPSA) is 54.4 Å². The Morgan fingerprint density at radius 1 is 0.778 bits per heavy atom. The number of aliphatic hydroxyl groups is 1. The van der Waals surface area contributed by atoms with E-state index in [1.807, 2.05) is 60.7 Å². The number of benzene rings is 3. The summed E-state index contributed by atoms with van der Waals surface area (Å²) >= 11 is 0. The van der Waals surface area contributed by atoms with Crippen LogP contribution in [0.15, 0.2) is 66.7 Å². The third kappa shape index (κ3) is 3.11. The SMILES string of the molecule is CC(C)(O)C(=O)c1ccc2c(c1)Cc1cc(C(=O)c3ccccc3)ccc1-2. The highest BCUT2D eigenvalue weighted by molar-refractivity contribution is 6.09. The summed E-state index contributed by atoms with van der Waals surface area (Å²) in [6.07, 6.45) is 0.674. The Morgan fingerprint density at radius 3 is 1.93 bits per heavy atom. The van der Waals surface area contributed by atoms with Crippen molar-refractivity contribution in [2.45, 2.75) is 25.9 Å². The fourth-order valence-electron chi connectivity index (χ4n) is 3.60. The van der Waals surface area contributed by atoms with Gasteiger partial charge in [0.2, 0.25) is 0 Å². The van der Waals surface area contributed by atoms with Gasteiger partial charge in [0.05, 0.1) is 0 Å². The zero-order valence-corrected chi connectivity index (χ0v) is 15.3. The molecule has 0 radical (unpaired) electrons. The van der Waals surface area contributed by atoms with Gasteiger partial charge >= 0.3 is 0 Å². The average Bonchev–Trinajstić information content (AvgIpc) is 3.03. The lowest BCUT2D eigenvalue weighted by Crippen LogP contribution is -2.31. The lowest BCUT2D eigenvalue weighted by Gasteiger charge is -2.16. The molecule has 3 nitrogen and oxygen atoms in total. The van der Waals surface area contributed by atoms with Gasteiger partial charge < -0.3 is 5.11 Å². The molecule has 0 heterocycles. The van der Waals surface area contributed by atoms with Crippen LogP contribution in [0.5, 0.6) is 0 Å². The van der Waals surface area contributed by atoms with Gasteiger partial charge in [-0.25, -0.2) is 0 Å². The van der Waals surface area contributed by atoms with Crippen LogP contribution in [0.3, 0.4) is 0 Å². The van der Waals surface area contributed by atoms with Gasteiger partial charge in [0.25, 0.3) is 0 Å². The molecular formula is C24H20O3. The molecule has 3 heteroatoms. The lowest BCUT2D eigenvalue weighted by molar-refractivity contribution is 0.0488. The van der Waals surface area contributed by atoms with E-state index in [1.165, 1.54) is 13.8 Å². The molecule has 3 aromatic carbocycles. The van der Waals surface area contributed by atoms with Crippen LogP contribution in [0.25, 0.3) is 11.1 Å². The van der Waals surface area contributed by atoms with Crippen LogP contribution in [0.2, 0.25) is 0 Å². The van der Waals surface area contributed by atoms with E-state index >= 15 is 0 Å². The number of fused-ring (bicyclic) bond motifs is 3. The van der Waals surface area contributed by atoms with Crippen LogP contribution < -0.4 is 0 Å². The summed E-state index contributed by atoms with van der Waals surface area (Å²) < 4.78 is 0. The predicted molar refractivity (Wildman–Crippen MR) is 105 cm³/mol. The Labute approximate surface area is 158 Å². The van der Waals surface area contributed by atoms with Gasteiger partial charge in [0.1, 0.15) is 5.60 Å². The van der Waals surface area contributed by atoms with Crippen molar-refractivity contribution in [3.05, 3.63) is 94.5 Å². The molecule has 0 aliphatic heterocycles. The zero-order chi connectivity index (χ0) is 19.2. The Balaban J connectivity index is 1.67. The van der Waals surface area contributed by atoms with Crippen LogP contribution in [0.1, 0.15) is 51.3 Å². The maximum absolute atomic E-state index is 12.7. The van der Waals surface area contributed by atoms with E-state index in [-0.39, 0.29) is 11.6 Å². The fraction of sp³-hybridized carbons (Fsp3) is 0.167. The van der Waals surface area contributed by atoms with Gasteiger partial charge in [-0.3, -0.25) is 9.59 Å². The van der Waals surface area contributed by atoms with Crippen LogP contribution in [0.4, 0.5) is 0 Å². The number of carbonyl (C=O) groups is 2. The molecule has 0 spiro atoms. The lowest BCUT2D eigenvalue weighted by atomic mass is 9.94. The molecule has 27 heavy (non-hydrogen) atoms. The maximum Gasteiger partial charge on any atom is 0.193 e. The minimum Gasteiger partial charge on any atom is -0.382 e. The van der Waals surface area contributed by atoms with E-state index in [2.05, 4.69) is 0 Å². The highest BCUT2D eigenvalue weighted by Crippen LogP contribution is 2.38. The molecule has 0 saturated heterocycles. The summed E-state index contributed by atoms with van der Waals surface area (Å²) in [4.78, 5) is 25.0. The molecule has 134 valence electrons. The van der Waals surface area contributed by atoms with Crippen molar-refractivity contribution < 1.29 is 14.7 Å². The monoisotopic (exact) mass is 356 g/mol. The first-order valence-electron chi connectivity index (χ1n) is 8.98. The number of hydrogen-bond donors (Lipinski definition) is 1. The summed E-state index contributed by atoms with van der Waals surface area (Å²) in [7, 11) is 0. The fourth-order valence-corrected chi connectivity index (χ4v) is 3.60. The van der Waals surface area contributed by atoms with Crippen LogP contribution >= 0.6 is 0 Å². The first-order chi connectivity index (χ1) is 12.8. The quantitative estimate of drug-likeness (QED) is 0.550. The van der Waals surface area contributed by atoms with Gasteiger partial charge in [-0.2, -0.15) is 0 Å². The number of Topliss-reactive ketones (excluding diaryl/α,β-unsaturated/α-hetero) is 1. The van der Waals surface area contributed by atoms with Gasteiger partial charge in [-0.15, -0.1) is 0 Å². The average molecular weight is 356 g/mol. The molecule has 0 amide bonds. The molecule has 1 aliphatic carbocycles. The molecule has 0 fully saturated rings. The van der Waals surface area contributed by atoms with Crippen LogP contribution in [-0.4, -0.2) is 22.3 Å². The smallest absolute Gasteiger partial charge is 0.193 e. The van der Waals surface area contributed by atoms with Crippen LogP contribution in [0, 0.1) is 0 Å². The molecule has 0 bridgehead atoms. The van der Waals surface area contributed by atoms with E-state index < -0.39 is 5.60 Å². The molecule has 0 atom stereocenters. The van der Waals surface area contributed by atoms with Gasteiger partial charge in [0, 0.05) is 16.7 Å². The van der Waals surface area contributed by atoms with Gasteiger partial charge in [-0.05, 0) is 54.7 Å². The normalized spacial score (nSPS) is 12.4. The Bertz CT molecular complexity index is 1060. The first kappa shape index (κ1) is 17.4. The second-order valence-electron chi connectivity index (χ2n) is 7.50. The van der Waals surface area contributed by atoms with Crippen molar-refractivity contribution in [1.29, 1.82) is 0 Å². The Morgan fingerprint density at radius 2 is 1.33 bits per heavy atom. The molecule has 0 saturated carbocycles.